The van der Waals surface area contributed by atoms with Crippen molar-refractivity contribution < 1.29 is 18.7 Å². The highest BCUT2D eigenvalue weighted by Gasteiger charge is 2.35. The van der Waals surface area contributed by atoms with Crippen LogP contribution in [0.5, 0.6) is 5.75 Å². The lowest BCUT2D eigenvalue weighted by molar-refractivity contribution is -0.133. The number of aromatic nitrogens is 1. The van der Waals surface area contributed by atoms with Crippen molar-refractivity contribution in [2.45, 2.75) is 51.7 Å². The van der Waals surface area contributed by atoms with Gasteiger partial charge in [0.2, 0.25) is 5.91 Å². The zero-order valence-corrected chi connectivity index (χ0v) is 20.0. The van der Waals surface area contributed by atoms with Crippen LogP contribution in [0.25, 0.3) is 0 Å². The van der Waals surface area contributed by atoms with Gasteiger partial charge >= 0.3 is 0 Å². The number of aryl methyl sites for hydroxylation is 1. The molecule has 0 spiro atoms. The van der Waals surface area contributed by atoms with Crippen LogP contribution in [0, 0.1) is 0 Å². The maximum absolute atomic E-state index is 13.4. The van der Waals surface area contributed by atoms with Gasteiger partial charge in [-0.25, -0.2) is 0 Å². The number of furan rings is 1. The number of hydrogen-bond donors (Lipinski definition) is 0. The molecule has 34 heavy (non-hydrogen) atoms. The molecule has 1 fully saturated rings. The van der Waals surface area contributed by atoms with Crippen molar-refractivity contribution in [3.8, 4) is 5.75 Å². The smallest absolute Gasteiger partial charge is 0.254 e. The van der Waals surface area contributed by atoms with E-state index in [4.69, 9.17) is 9.15 Å². The second kappa shape index (κ2) is 11.1. The Bertz CT molecular complexity index is 1070. The third kappa shape index (κ3) is 6.10. The van der Waals surface area contributed by atoms with Crippen LogP contribution in [0.2, 0.25) is 0 Å². The molecule has 2 heterocycles. The van der Waals surface area contributed by atoms with Gasteiger partial charge in [-0.1, -0.05) is 13.3 Å². The first-order chi connectivity index (χ1) is 16.5. The van der Waals surface area contributed by atoms with Crippen LogP contribution in [-0.4, -0.2) is 45.4 Å². The molecule has 2 amide bonds. The molecular weight excluding hydrogens is 430 g/mol. The van der Waals surface area contributed by atoms with Crippen molar-refractivity contribution in [1.29, 1.82) is 0 Å². The lowest BCUT2D eigenvalue weighted by atomic mass is 10.2. The maximum atomic E-state index is 13.4. The monoisotopic (exact) mass is 463 g/mol. The summed E-state index contributed by atoms with van der Waals surface area (Å²) in [4.78, 5) is 30.3. The number of carbonyl (C=O) groups excluding carboxylic acids is 2. The molecule has 0 saturated heterocycles. The summed E-state index contributed by atoms with van der Waals surface area (Å²) in [7, 11) is 1.96. The number of hydrogen-bond acceptors (Lipinski definition) is 4. The van der Waals surface area contributed by atoms with Crippen LogP contribution in [0.3, 0.4) is 0 Å². The molecule has 0 aliphatic heterocycles. The highest BCUT2D eigenvalue weighted by atomic mass is 16.5. The van der Waals surface area contributed by atoms with E-state index in [1.807, 2.05) is 54.2 Å². The SMILES string of the molecule is CCCCOc1ccc(C(=O)N(CC(=O)N(Cc2ccco2)Cc2cccn2C)C2CC2)cc1. The van der Waals surface area contributed by atoms with Gasteiger partial charge in [0.25, 0.3) is 5.91 Å². The van der Waals surface area contributed by atoms with Gasteiger partial charge < -0.3 is 23.5 Å². The van der Waals surface area contributed by atoms with Gasteiger partial charge in [-0.2, -0.15) is 0 Å². The molecule has 0 radical (unpaired) electrons. The Kier molecular flexibility index (Phi) is 7.72. The van der Waals surface area contributed by atoms with Gasteiger partial charge in [0.1, 0.15) is 18.1 Å². The largest absolute Gasteiger partial charge is 0.494 e. The van der Waals surface area contributed by atoms with Crippen molar-refractivity contribution in [3.05, 3.63) is 78.0 Å². The highest BCUT2D eigenvalue weighted by Crippen LogP contribution is 2.29. The van der Waals surface area contributed by atoms with E-state index in [2.05, 4.69) is 6.92 Å². The lowest BCUT2D eigenvalue weighted by Gasteiger charge is -2.27. The molecule has 7 heteroatoms. The van der Waals surface area contributed by atoms with E-state index in [0.717, 1.165) is 37.1 Å². The number of benzene rings is 1. The van der Waals surface area contributed by atoms with Crippen LogP contribution in [0.1, 0.15) is 54.4 Å². The number of rotatable bonds is 12. The quantitative estimate of drug-likeness (QED) is 0.367. The first-order valence-electron chi connectivity index (χ1n) is 12.0. The molecule has 180 valence electrons. The summed E-state index contributed by atoms with van der Waals surface area (Å²) in [6.45, 7) is 3.63. The van der Waals surface area contributed by atoms with Crippen molar-refractivity contribution in [2.24, 2.45) is 7.05 Å². The molecule has 3 aromatic rings. The molecule has 0 bridgehead atoms. The van der Waals surface area contributed by atoms with Crippen LogP contribution in [-0.2, 0) is 24.9 Å². The van der Waals surface area contributed by atoms with Gasteiger partial charge in [-0.3, -0.25) is 9.59 Å². The second-order valence-electron chi connectivity index (χ2n) is 8.83. The molecule has 2 aromatic heterocycles. The number of ether oxygens (including phenoxy) is 1. The number of amides is 2. The van der Waals surface area contributed by atoms with Crippen LogP contribution < -0.4 is 4.74 Å². The van der Waals surface area contributed by atoms with Gasteiger partial charge in [0.05, 0.1) is 26.0 Å². The summed E-state index contributed by atoms with van der Waals surface area (Å²) in [5.41, 5.74) is 1.59. The Morgan fingerprint density at radius 3 is 2.50 bits per heavy atom. The van der Waals surface area contributed by atoms with E-state index in [0.29, 0.717) is 31.0 Å². The zero-order valence-electron chi connectivity index (χ0n) is 20.0. The summed E-state index contributed by atoms with van der Waals surface area (Å²) < 4.78 is 13.2. The van der Waals surface area contributed by atoms with Crippen molar-refractivity contribution in [1.82, 2.24) is 14.4 Å². The lowest BCUT2D eigenvalue weighted by Crippen LogP contribution is -2.43. The molecule has 1 aliphatic rings. The predicted molar refractivity (Wildman–Crippen MR) is 129 cm³/mol. The summed E-state index contributed by atoms with van der Waals surface area (Å²) in [5.74, 6) is 1.25. The summed E-state index contributed by atoms with van der Waals surface area (Å²) in [6.07, 6.45) is 7.48. The molecule has 1 aromatic carbocycles. The number of nitrogens with zero attached hydrogens (tertiary/aromatic N) is 3. The van der Waals surface area contributed by atoms with Gasteiger partial charge in [0.15, 0.2) is 0 Å². The van der Waals surface area contributed by atoms with Crippen molar-refractivity contribution >= 4 is 11.8 Å². The van der Waals surface area contributed by atoms with Crippen LogP contribution >= 0.6 is 0 Å². The minimum Gasteiger partial charge on any atom is -0.494 e. The number of carbonyl (C=O) groups is 2. The number of unbranched alkanes of at least 4 members (excludes halogenated alkanes) is 1. The van der Waals surface area contributed by atoms with E-state index in [-0.39, 0.29) is 24.4 Å². The van der Waals surface area contributed by atoms with Gasteiger partial charge in [0, 0.05) is 30.5 Å². The topological polar surface area (TPSA) is 67.9 Å². The van der Waals surface area contributed by atoms with Crippen LogP contribution in [0.4, 0.5) is 0 Å². The Morgan fingerprint density at radius 1 is 1.09 bits per heavy atom. The second-order valence-corrected chi connectivity index (χ2v) is 8.83. The van der Waals surface area contributed by atoms with E-state index in [1.54, 1.807) is 28.2 Å². The Hall–Kier alpha value is -3.48. The Labute approximate surface area is 200 Å². The summed E-state index contributed by atoms with van der Waals surface area (Å²) >= 11 is 0. The van der Waals surface area contributed by atoms with E-state index >= 15 is 0 Å². The summed E-state index contributed by atoms with van der Waals surface area (Å²) in [6, 6.07) is 15.0. The predicted octanol–water partition coefficient (Wildman–Crippen LogP) is 4.63. The Morgan fingerprint density at radius 2 is 1.88 bits per heavy atom. The van der Waals surface area contributed by atoms with E-state index < -0.39 is 0 Å². The minimum atomic E-state index is -0.118. The normalized spacial score (nSPS) is 13.0. The molecule has 1 aliphatic carbocycles. The first-order valence-corrected chi connectivity index (χ1v) is 12.0. The van der Waals surface area contributed by atoms with Crippen molar-refractivity contribution in [3.63, 3.8) is 0 Å². The molecule has 0 unspecified atom stereocenters. The summed E-state index contributed by atoms with van der Waals surface area (Å²) in [5, 5.41) is 0. The van der Waals surface area contributed by atoms with E-state index in [1.165, 1.54) is 0 Å². The molecular formula is C27H33N3O4. The molecule has 1 saturated carbocycles. The average Bonchev–Trinajstić information content (AvgIpc) is 3.40. The van der Waals surface area contributed by atoms with Gasteiger partial charge in [-0.15, -0.1) is 0 Å². The highest BCUT2D eigenvalue weighted by molar-refractivity contribution is 5.97. The van der Waals surface area contributed by atoms with Crippen molar-refractivity contribution in [2.75, 3.05) is 13.2 Å². The Balaban J connectivity index is 1.46. The minimum absolute atomic E-state index is 0.0450. The fraction of sp³-hybridized carbons (Fsp3) is 0.407. The standard InChI is InChI=1S/C27H33N3O4/c1-3-4-16-33-24-13-9-21(10-14-24)27(32)30(22-11-12-22)20-26(31)29(19-25-8-6-17-34-25)18-23-7-5-15-28(23)2/h5-10,13-15,17,22H,3-4,11-12,16,18-20H2,1-2H3. The van der Waals surface area contributed by atoms with Gasteiger partial charge in [-0.05, 0) is 67.8 Å². The average molecular weight is 464 g/mol. The molecule has 0 atom stereocenters. The molecule has 0 N–H and O–H groups in total. The van der Waals surface area contributed by atoms with Crippen LogP contribution in [0.15, 0.2) is 65.4 Å². The van der Waals surface area contributed by atoms with E-state index in [9.17, 15) is 9.59 Å². The fourth-order valence-electron chi connectivity index (χ4n) is 3.87. The third-order valence-corrected chi connectivity index (χ3v) is 6.11. The molecule has 7 nitrogen and oxygen atoms in total. The first kappa shape index (κ1) is 23.7. The zero-order chi connectivity index (χ0) is 23.9. The molecule has 4 rings (SSSR count). The fourth-order valence-corrected chi connectivity index (χ4v) is 3.87. The maximum Gasteiger partial charge on any atom is 0.254 e. The third-order valence-electron chi connectivity index (χ3n) is 6.11.